The van der Waals surface area contributed by atoms with Crippen LogP contribution in [0.3, 0.4) is 0 Å². The molecule has 20 heavy (non-hydrogen) atoms. The summed E-state index contributed by atoms with van der Waals surface area (Å²) in [6, 6.07) is 2.29. The zero-order valence-electron chi connectivity index (χ0n) is 11.0. The molecular formula is C12H16N6OS. The quantitative estimate of drug-likeness (QED) is 0.883. The Morgan fingerprint density at radius 2 is 2.50 bits per heavy atom. The van der Waals surface area contributed by atoms with E-state index < -0.39 is 0 Å². The Bertz CT molecular complexity index is 540. The molecule has 1 fully saturated rings. The van der Waals surface area contributed by atoms with Crippen LogP contribution in [0.2, 0.25) is 0 Å². The number of nitrogens with one attached hydrogen (secondary N) is 1. The fourth-order valence-corrected chi connectivity index (χ4v) is 2.97. The second-order valence-electron chi connectivity index (χ2n) is 4.79. The van der Waals surface area contributed by atoms with Gasteiger partial charge in [-0.1, -0.05) is 11.3 Å². The van der Waals surface area contributed by atoms with E-state index in [2.05, 4.69) is 25.5 Å². The van der Waals surface area contributed by atoms with Gasteiger partial charge in [0.1, 0.15) is 5.51 Å². The van der Waals surface area contributed by atoms with Gasteiger partial charge in [0, 0.05) is 18.4 Å². The van der Waals surface area contributed by atoms with Gasteiger partial charge in [-0.3, -0.25) is 19.7 Å². The van der Waals surface area contributed by atoms with Gasteiger partial charge < -0.3 is 0 Å². The van der Waals surface area contributed by atoms with Crippen LogP contribution in [0.1, 0.15) is 12.8 Å². The first-order chi connectivity index (χ1) is 9.81. The standard InChI is InChI=1S/C12H16N6OS/c19-11(15-12-16-13-9-20-12)8-17-5-1-3-10(17)7-18-6-2-4-14-18/h2,4,6,9-10H,1,3,5,7-8H2,(H,15,16,19)/t10-/m1/s1. The summed E-state index contributed by atoms with van der Waals surface area (Å²) < 4.78 is 1.92. The second kappa shape index (κ2) is 6.10. The van der Waals surface area contributed by atoms with E-state index in [1.165, 1.54) is 11.3 Å². The van der Waals surface area contributed by atoms with Crippen molar-refractivity contribution in [3.63, 3.8) is 0 Å². The van der Waals surface area contributed by atoms with E-state index in [0.717, 1.165) is 25.9 Å². The van der Waals surface area contributed by atoms with Crippen molar-refractivity contribution in [3.8, 4) is 0 Å². The van der Waals surface area contributed by atoms with Gasteiger partial charge in [0.25, 0.3) is 0 Å². The molecule has 0 radical (unpaired) electrons. The topological polar surface area (TPSA) is 75.9 Å². The maximum atomic E-state index is 12.0. The molecule has 1 atom stereocenters. The van der Waals surface area contributed by atoms with Crippen molar-refractivity contribution in [1.82, 2.24) is 24.9 Å². The van der Waals surface area contributed by atoms with Crippen LogP contribution in [0, 0.1) is 0 Å². The van der Waals surface area contributed by atoms with Crippen LogP contribution in [0.4, 0.5) is 5.13 Å². The lowest BCUT2D eigenvalue weighted by atomic mass is 10.2. The normalized spacial score (nSPS) is 19.3. The van der Waals surface area contributed by atoms with E-state index in [1.54, 1.807) is 11.7 Å². The molecule has 1 aliphatic heterocycles. The largest absolute Gasteiger partial charge is 0.299 e. The molecule has 2 aromatic rings. The van der Waals surface area contributed by atoms with Crippen molar-refractivity contribution in [2.75, 3.05) is 18.4 Å². The van der Waals surface area contributed by atoms with Crippen LogP contribution in [0.5, 0.6) is 0 Å². The molecule has 0 aliphatic carbocycles. The number of likely N-dealkylation sites (tertiary alicyclic amines) is 1. The third-order valence-corrected chi connectivity index (χ3v) is 4.02. The zero-order valence-corrected chi connectivity index (χ0v) is 11.8. The number of aromatic nitrogens is 4. The number of hydrogen-bond donors (Lipinski definition) is 1. The molecule has 106 valence electrons. The first kappa shape index (κ1) is 13.2. The summed E-state index contributed by atoms with van der Waals surface area (Å²) in [6.07, 6.45) is 5.96. The van der Waals surface area contributed by atoms with E-state index in [4.69, 9.17) is 0 Å². The number of carbonyl (C=O) groups is 1. The number of hydrogen-bond acceptors (Lipinski definition) is 6. The zero-order chi connectivity index (χ0) is 13.8. The number of rotatable bonds is 5. The first-order valence-electron chi connectivity index (χ1n) is 6.59. The van der Waals surface area contributed by atoms with Crippen LogP contribution < -0.4 is 5.32 Å². The molecule has 0 aromatic carbocycles. The Morgan fingerprint density at radius 3 is 3.25 bits per heavy atom. The van der Waals surface area contributed by atoms with Gasteiger partial charge in [-0.05, 0) is 25.5 Å². The molecule has 1 aliphatic rings. The lowest BCUT2D eigenvalue weighted by molar-refractivity contribution is -0.117. The maximum absolute atomic E-state index is 12.0. The number of nitrogens with zero attached hydrogens (tertiary/aromatic N) is 5. The molecule has 3 heterocycles. The molecular weight excluding hydrogens is 276 g/mol. The van der Waals surface area contributed by atoms with Gasteiger partial charge >= 0.3 is 0 Å². The van der Waals surface area contributed by atoms with Crippen molar-refractivity contribution in [2.24, 2.45) is 0 Å². The summed E-state index contributed by atoms with van der Waals surface area (Å²) in [6.45, 7) is 2.18. The van der Waals surface area contributed by atoms with Crippen LogP contribution in [-0.2, 0) is 11.3 Å². The molecule has 0 bridgehead atoms. The average Bonchev–Trinajstić information content (AvgIpc) is 3.14. The molecule has 1 amide bonds. The van der Waals surface area contributed by atoms with E-state index in [1.807, 2.05) is 16.9 Å². The molecule has 0 spiro atoms. The minimum Gasteiger partial charge on any atom is -0.299 e. The van der Waals surface area contributed by atoms with Crippen LogP contribution in [-0.4, -0.2) is 49.9 Å². The third-order valence-electron chi connectivity index (χ3n) is 3.41. The summed E-state index contributed by atoms with van der Waals surface area (Å²) in [5.74, 6) is -0.0332. The molecule has 2 aromatic heterocycles. The lowest BCUT2D eigenvalue weighted by Gasteiger charge is -2.23. The number of carbonyl (C=O) groups excluding carboxylic acids is 1. The molecule has 0 saturated carbocycles. The number of anilines is 1. The molecule has 1 N–H and O–H groups in total. The van der Waals surface area contributed by atoms with Crippen molar-refractivity contribution in [2.45, 2.75) is 25.4 Å². The Labute approximate surface area is 120 Å². The summed E-state index contributed by atoms with van der Waals surface area (Å²) in [7, 11) is 0. The van der Waals surface area contributed by atoms with Crippen molar-refractivity contribution in [1.29, 1.82) is 0 Å². The smallest absolute Gasteiger partial charge is 0.240 e. The molecule has 7 nitrogen and oxygen atoms in total. The highest BCUT2D eigenvalue weighted by molar-refractivity contribution is 7.13. The highest BCUT2D eigenvalue weighted by Gasteiger charge is 2.26. The highest BCUT2D eigenvalue weighted by Crippen LogP contribution is 2.18. The Kier molecular flexibility index (Phi) is 4.03. The minimum atomic E-state index is -0.0332. The first-order valence-corrected chi connectivity index (χ1v) is 7.47. The van der Waals surface area contributed by atoms with Crippen molar-refractivity contribution >= 4 is 22.4 Å². The Hall–Kier alpha value is -1.80. The Balaban J connectivity index is 1.54. The predicted octanol–water partition coefficient (Wildman–Crippen LogP) is 0.838. The summed E-state index contributed by atoms with van der Waals surface area (Å²) in [5, 5.41) is 15.1. The van der Waals surface area contributed by atoms with E-state index in [-0.39, 0.29) is 5.91 Å². The monoisotopic (exact) mass is 292 g/mol. The van der Waals surface area contributed by atoms with Gasteiger partial charge in [-0.25, -0.2) is 0 Å². The number of amides is 1. The lowest BCUT2D eigenvalue weighted by Crippen LogP contribution is -2.39. The van der Waals surface area contributed by atoms with Gasteiger partial charge in [-0.15, -0.1) is 10.2 Å². The fourth-order valence-electron chi connectivity index (χ4n) is 2.51. The highest BCUT2D eigenvalue weighted by atomic mass is 32.1. The van der Waals surface area contributed by atoms with Gasteiger partial charge in [0.05, 0.1) is 13.1 Å². The summed E-state index contributed by atoms with van der Waals surface area (Å²) in [5.41, 5.74) is 1.60. The Morgan fingerprint density at radius 1 is 1.55 bits per heavy atom. The van der Waals surface area contributed by atoms with E-state index in [0.29, 0.717) is 17.7 Å². The van der Waals surface area contributed by atoms with Crippen molar-refractivity contribution in [3.05, 3.63) is 24.0 Å². The molecule has 3 rings (SSSR count). The van der Waals surface area contributed by atoms with E-state index >= 15 is 0 Å². The van der Waals surface area contributed by atoms with Gasteiger partial charge in [0.2, 0.25) is 11.0 Å². The molecule has 8 heteroatoms. The van der Waals surface area contributed by atoms with Crippen LogP contribution >= 0.6 is 11.3 Å². The average molecular weight is 292 g/mol. The minimum absolute atomic E-state index is 0.0332. The van der Waals surface area contributed by atoms with Crippen LogP contribution in [0.15, 0.2) is 24.0 Å². The van der Waals surface area contributed by atoms with Gasteiger partial charge in [0.15, 0.2) is 0 Å². The fraction of sp³-hybridized carbons (Fsp3) is 0.500. The molecule has 1 saturated heterocycles. The predicted molar refractivity (Wildman–Crippen MR) is 75.4 cm³/mol. The van der Waals surface area contributed by atoms with Crippen molar-refractivity contribution < 1.29 is 4.79 Å². The SMILES string of the molecule is O=C(CN1CCC[C@@H]1Cn1cccn1)Nc1nncs1. The van der Waals surface area contributed by atoms with Crippen LogP contribution in [0.25, 0.3) is 0 Å². The second-order valence-corrected chi connectivity index (χ2v) is 5.62. The van der Waals surface area contributed by atoms with E-state index in [9.17, 15) is 4.79 Å². The summed E-state index contributed by atoms with van der Waals surface area (Å²) >= 11 is 1.33. The van der Waals surface area contributed by atoms with Gasteiger partial charge in [-0.2, -0.15) is 5.10 Å². The third kappa shape index (κ3) is 3.20. The molecule has 0 unspecified atom stereocenters. The maximum Gasteiger partial charge on any atom is 0.240 e. The summed E-state index contributed by atoms with van der Waals surface area (Å²) in [4.78, 5) is 14.2.